The van der Waals surface area contributed by atoms with Gasteiger partial charge in [0, 0.05) is 13.0 Å². The normalized spacial score (nSPS) is 18.8. The summed E-state index contributed by atoms with van der Waals surface area (Å²) in [4.78, 5) is 10.8. The van der Waals surface area contributed by atoms with Gasteiger partial charge in [-0.15, -0.1) is 0 Å². The smallest absolute Gasteiger partial charge is 0.335 e. The van der Waals surface area contributed by atoms with Crippen LogP contribution in [0.5, 0.6) is 5.75 Å². The summed E-state index contributed by atoms with van der Waals surface area (Å²) in [6.07, 6.45) is 3.40. The molecule has 0 bridgehead atoms. The van der Waals surface area contributed by atoms with Crippen molar-refractivity contribution < 1.29 is 19.4 Å². The van der Waals surface area contributed by atoms with Crippen LogP contribution in [0.3, 0.4) is 0 Å². The van der Waals surface area contributed by atoms with Crippen molar-refractivity contribution in [2.24, 2.45) is 0 Å². The SMILES string of the molecule is O=C(O)c1ccc(OCCC2CCCO2)c(Br)c1. The highest BCUT2D eigenvalue weighted by molar-refractivity contribution is 9.10. The number of halogens is 1. The fraction of sp³-hybridized carbons (Fsp3) is 0.462. The maximum Gasteiger partial charge on any atom is 0.335 e. The first kappa shape index (κ1) is 13.4. The minimum atomic E-state index is -0.943. The van der Waals surface area contributed by atoms with Crippen LogP contribution in [0.15, 0.2) is 22.7 Å². The van der Waals surface area contributed by atoms with Crippen molar-refractivity contribution in [3.63, 3.8) is 0 Å². The van der Waals surface area contributed by atoms with Gasteiger partial charge in [0.05, 0.1) is 22.7 Å². The maximum atomic E-state index is 10.8. The number of benzene rings is 1. The first-order valence-electron chi connectivity index (χ1n) is 5.94. The molecule has 98 valence electrons. The molecular formula is C13H15BrO4. The van der Waals surface area contributed by atoms with E-state index in [-0.39, 0.29) is 5.56 Å². The summed E-state index contributed by atoms with van der Waals surface area (Å²) in [6, 6.07) is 4.75. The van der Waals surface area contributed by atoms with Gasteiger partial charge in [-0.05, 0) is 47.0 Å². The fourth-order valence-corrected chi connectivity index (χ4v) is 2.42. The quantitative estimate of drug-likeness (QED) is 0.907. The highest BCUT2D eigenvalue weighted by atomic mass is 79.9. The Balaban J connectivity index is 1.87. The molecule has 0 amide bonds. The highest BCUT2D eigenvalue weighted by Gasteiger charge is 2.15. The van der Waals surface area contributed by atoms with Gasteiger partial charge in [-0.3, -0.25) is 0 Å². The monoisotopic (exact) mass is 314 g/mol. The molecular weight excluding hydrogens is 300 g/mol. The third-order valence-electron chi connectivity index (χ3n) is 2.90. The number of aromatic carboxylic acids is 1. The summed E-state index contributed by atoms with van der Waals surface area (Å²) in [5.41, 5.74) is 0.244. The molecule has 1 aliphatic heterocycles. The zero-order chi connectivity index (χ0) is 13.0. The number of hydrogen-bond donors (Lipinski definition) is 1. The average molecular weight is 315 g/mol. The van der Waals surface area contributed by atoms with Gasteiger partial charge in [-0.2, -0.15) is 0 Å². The molecule has 0 radical (unpaired) electrons. The molecule has 1 N–H and O–H groups in total. The Bertz CT molecular complexity index is 427. The summed E-state index contributed by atoms with van der Waals surface area (Å²) in [5, 5.41) is 8.84. The number of carboxylic acids is 1. The van der Waals surface area contributed by atoms with E-state index in [4.69, 9.17) is 14.6 Å². The number of carboxylic acid groups (broad SMARTS) is 1. The lowest BCUT2D eigenvalue weighted by atomic mass is 10.2. The lowest BCUT2D eigenvalue weighted by Gasteiger charge is -2.12. The molecule has 18 heavy (non-hydrogen) atoms. The Morgan fingerprint density at radius 1 is 1.56 bits per heavy atom. The molecule has 0 aromatic heterocycles. The second kappa shape index (κ2) is 6.20. The minimum Gasteiger partial charge on any atom is -0.492 e. The van der Waals surface area contributed by atoms with Crippen LogP contribution in [-0.4, -0.2) is 30.4 Å². The number of hydrogen-bond acceptors (Lipinski definition) is 3. The molecule has 0 aliphatic carbocycles. The van der Waals surface area contributed by atoms with Crippen LogP contribution >= 0.6 is 15.9 Å². The van der Waals surface area contributed by atoms with E-state index in [0.717, 1.165) is 25.9 Å². The van der Waals surface area contributed by atoms with Gasteiger partial charge in [0.2, 0.25) is 0 Å². The Kier molecular flexibility index (Phi) is 4.60. The standard InChI is InChI=1S/C13H15BrO4/c14-11-8-9(13(15)16)3-4-12(11)18-7-5-10-2-1-6-17-10/h3-4,8,10H,1-2,5-7H2,(H,15,16). The van der Waals surface area contributed by atoms with Crippen molar-refractivity contribution in [1.82, 2.24) is 0 Å². The van der Waals surface area contributed by atoms with E-state index in [9.17, 15) is 4.79 Å². The van der Waals surface area contributed by atoms with Crippen molar-refractivity contribution in [2.75, 3.05) is 13.2 Å². The topological polar surface area (TPSA) is 55.8 Å². The van der Waals surface area contributed by atoms with Crippen molar-refractivity contribution in [3.8, 4) is 5.75 Å². The molecule has 1 aliphatic rings. The van der Waals surface area contributed by atoms with E-state index in [2.05, 4.69) is 15.9 Å². The molecule has 1 unspecified atom stereocenters. The maximum absolute atomic E-state index is 10.8. The van der Waals surface area contributed by atoms with Crippen LogP contribution in [0.1, 0.15) is 29.6 Å². The van der Waals surface area contributed by atoms with Gasteiger partial charge in [0.15, 0.2) is 0 Å². The van der Waals surface area contributed by atoms with Crippen LogP contribution in [0.4, 0.5) is 0 Å². The highest BCUT2D eigenvalue weighted by Crippen LogP contribution is 2.26. The largest absolute Gasteiger partial charge is 0.492 e. The van der Waals surface area contributed by atoms with E-state index in [1.807, 2.05) is 0 Å². The second-order valence-electron chi connectivity index (χ2n) is 4.22. The number of carbonyl (C=O) groups is 1. The van der Waals surface area contributed by atoms with Crippen molar-refractivity contribution in [1.29, 1.82) is 0 Å². The third-order valence-corrected chi connectivity index (χ3v) is 3.52. The van der Waals surface area contributed by atoms with E-state index in [1.54, 1.807) is 12.1 Å². The molecule has 2 rings (SSSR count). The zero-order valence-corrected chi connectivity index (χ0v) is 11.5. The summed E-state index contributed by atoms with van der Waals surface area (Å²) >= 11 is 3.31. The molecule has 1 aromatic rings. The van der Waals surface area contributed by atoms with Gasteiger partial charge >= 0.3 is 5.97 Å². The molecule has 0 spiro atoms. The zero-order valence-electron chi connectivity index (χ0n) is 9.89. The van der Waals surface area contributed by atoms with Crippen LogP contribution in [0.2, 0.25) is 0 Å². The Morgan fingerprint density at radius 2 is 2.39 bits per heavy atom. The van der Waals surface area contributed by atoms with E-state index >= 15 is 0 Å². The molecule has 1 saturated heterocycles. The van der Waals surface area contributed by atoms with Crippen LogP contribution < -0.4 is 4.74 Å². The molecule has 1 fully saturated rings. The first-order valence-corrected chi connectivity index (χ1v) is 6.73. The fourth-order valence-electron chi connectivity index (χ4n) is 1.92. The molecule has 1 aromatic carbocycles. The lowest BCUT2D eigenvalue weighted by molar-refractivity contribution is 0.0697. The summed E-state index contributed by atoms with van der Waals surface area (Å²) in [6.45, 7) is 1.43. The molecule has 4 nitrogen and oxygen atoms in total. The lowest BCUT2D eigenvalue weighted by Crippen LogP contribution is -2.11. The summed E-state index contributed by atoms with van der Waals surface area (Å²) in [7, 11) is 0. The summed E-state index contributed by atoms with van der Waals surface area (Å²) < 4.78 is 11.8. The predicted molar refractivity (Wildman–Crippen MR) is 70.2 cm³/mol. The minimum absolute atomic E-state index is 0.244. The van der Waals surface area contributed by atoms with Gasteiger partial charge in [0.1, 0.15) is 5.75 Å². The Labute approximate surface area is 114 Å². The molecule has 1 heterocycles. The van der Waals surface area contributed by atoms with Gasteiger partial charge in [-0.25, -0.2) is 4.79 Å². The van der Waals surface area contributed by atoms with Crippen LogP contribution in [-0.2, 0) is 4.74 Å². The first-order chi connectivity index (χ1) is 8.66. The van der Waals surface area contributed by atoms with E-state index in [0.29, 0.717) is 22.9 Å². The van der Waals surface area contributed by atoms with Crippen LogP contribution in [0, 0.1) is 0 Å². The van der Waals surface area contributed by atoms with Gasteiger partial charge < -0.3 is 14.6 Å². The van der Waals surface area contributed by atoms with Crippen molar-refractivity contribution in [2.45, 2.75) is 25.4 Å². The summed E-state index contributed by atoms with van der Waals surface area (Å²) in [5.74, 6) is -0.278. The molecule has 5 heteroatoms. The number of ether oxygens (including phenoxy) is 2. The van der Waals surface area contributed by atoms with Gasteiger partial charge in [-0.1, -0.05) is 0 Å². The van der Waals surface area contributed by atoms with Crippen LogP contribution in [0.25, 0.3) is 0 Å². The third kappa shape index (κ3) is 3.46. The Hall–Kier alpha value is -1.07. The van der Waals surface area contributed by atoms with Gasteiger partial charge in [0.25, 0.3) is 0 Å². The Morgan fingerprint density at radius 3 is 3.00 bits per heavy atom. The molecule has 0 saturated carbocycles. The van der Waals surface area contributed by atoms with Crippen molar-refractivity contribution in [3.05, 3.63) is 28.2 Å². The molecule has 1 atom stereocenters. The average Bonchev–Trinajstić information content (AvgIpc) is 2.84. The van der Waals surface area contributed by atoms with Crippen molar-refractivity contribution >= 4 is 21.9 Å². The number of rotatable bonds is 5. The predicted octanol–water partition coefficient (Wildman–Crippen LogP) is 3.10. The van der Waals surface area contributed by atoms with E-state index < -0.39 is 5.97 Å². The van der Waals surface area contributed by atoms with E-state index in [1.165, 1.54) is 6.07 Å². The second-order valence-corrected chi connectivity index (χ2v) is 5.08.